The first-order chi connectivity index (χ1) is 12.8. The van der Waals surface area contributed by atoms with Crippen LogP contribution in [-0.2, 0) is 14.4 Å². The van der Waals surface area contributed by atoms with Crippen LogP contribution in [0.1, 0.15) is 38.1 Å². The van der Waals surface area contributed by atoms with Crippen LogP contribution in [0.25, 0.3) is 0 Å². The number of hydrogen-bond acceptors (Lipinski definition) is 6. The molecule has 0 spiro atoms. The van der Waals surface area contributed by atoms with Gasteiger partial charge in [0.25, 0.3) is 0 Å². The average Bonchev–Trinajstić information content (AvgIpc) is 3.22. The van der Waals surface area contributed by atoms with Crippen LogP contribution in [0.2, 0.25) is 0 Å². The normalized spacial score (nSPS) is 16.7. The van der Waals surface area contributed by atoms with E-state index in [9.17, 15) is 14.4 Å². The first kappa shape index (κ1) is 19.0. The summed E-state index contributed by atoms with van der Waals surface area (Å²) in [6.07, 6.45) is 0.148. The molecule has 2 N–H and O–H groups in total. The molecule has 0 saturated carbocycles. The van der Waals surface area contributed by atoms with Gasteiger partial charge in [-0.1, -0.05) is 25.2 Å². The fourth-order valence-electron chi connectivity index (χ4n) is 2.79. The Morgan fingerprint density at radius 1 is 1.19 bits per heavy atom. The summed E-state index contributed by atoms with van der Waals surface area (Å²) < 4.78 is 0. The number of carbonyl (C=O) groups is 3. The Balaban J connectivity index is 1.63. The van der Waals surface area contributed by atoms with Crippen LogP contribution in [-0.4, -0.2) is 34.5 Å². The van der Waals surface area contributed by atoms with Crippen molar-refractivity contribution in [2.24, 2.45) is 5.92 Å². The van der Waals surface area contributed by atoms with Crippen molar-refractivity contribution >= 4 is 45.6 Å². The van der Waals surface area contributed by atoms with Crippen molar-refractivity contribution in [2.45, 2.75) is 33.1 Å². The molecule has 2 heterocycles. The van der Waals surface area contributed by atoms with Gasteiger partial charge in [-0.3, -0.25) is 14.4 Å². The van der Waals surface area contributed by atoms with E-state index in [1.54, 1.807) is 29.2 Å². The van der Waals surface area contributed by atoms with E-state index in [2.05, 4.69) is 20.8 Å². The van der Waals surface area contributed by atoms with Crippen LogP contribution in [0, 0.1) is 5.92 Å². The summed E-state index contributed by atoms with van der Waals surface area (Å²) in [6, 6.07) is 6.96. The zero-order chi connectivity index (χ0) is 19.6. The number of anilines is 3. The molecule has 9 heteroatoms. The fourth-order valence-corrected chi connectivity index (χ4v) is 3.54. The summed E-state index contributed by atoms with van der Waals surface area (Å²) in [5, 5.41) is 14.8. The molecule has 1 aromatic heterocycles. The Labute approximate surface area is 161 Å². The zero-order valence-electron chi connectivity index (χ0n) is 15.4. The molecule has 1 aliphatic heterocycles. The molecule has 1 unspecified atom stereocenters. The number of aromatic nitrogens is 2. The van der Waals surface area contributed by atoms with Gasteiger partial charge >= 0.3 is 0 Å². The summed E-state index contributed by atoms with van der Waals surface area (Å²) in [7, 11) is 0. The third-order valence-corrected chi connectivity index (χ3v) is 5.30. The van der Waals surface area contributed by atoms with Crippen molar-refractivity contribution in [3.05, 3.63) is 29.3 Å². The maximum Gasteiger partial charge on any atom is 0.231 e. The van der Waals surface area contributed by atoms with Crippen LogP contribution in [0.3, 0.4) is 0 Å². The molecule has 0 aliphatic carbocycles. The molecule has 8 nitrogen and oxygen atoms in total. The highest BCUT2D eigenvalue weighted by Crippen LogP contribution is 2.28. The standard InChI is InChI=1S/C18H21N5O3S/c1-10(2)17-21-22-18(27-17)20-16(26)12-8-15(25)23(9-12)14-6-4-13(5-7-14)19-11(3)24/h4-7,10,12H,8-9H2,1-3H3,(H,19,24)(H,20,22,26). The number of amides is 3. The Kier molecular flexibility index (Phi) is 5.50. The van der Waals surface area contributed by atoms with Crippen LogP contribution in [0.5, 0.6) is 0 Å². The lowest BCUT2D eigenvalue weighted by Gasteiger charge is -2.17. The second-order valence-electron chi connectivity index (χ2n) is 6.72. The number of nitrogens with one attached hydrogen (secondary N) is 2. The Bertz CT molecular complexity index is 862. The minimum atomic E-state index is -0.445. The number of rotatable bonds is 5. The van der Waals surface area contributed by atoms with Gasteiger partial charge in [-0.2, -0.15) is 0 Å². The van der Waals surface area contributed by atoms with Gasteiger partial charge in [0.2, 0.25) is 22.9 Å². The second-order valence-corrected chi connectivity index (χ2v) is 7.73. The molecule has 3 amide bonds. The van der Waals surface area contributed by atoms with Crippen molar-refractivity contribution in [1.29, 1.82) is 0 Å². The van der Waals surface area contributed by atoms with E-state index in [1.807, 2.05) is 13.8 Å². The molecule has 1 fully saturated rings. The number of benzene rings is 1. The van der Waals surface area contributed by atoms with Gasteiger partial charge in [0.05, 0.1) is 5.92 Å². The van der Waals surface area contributed by atoms with Crippen molar-refractivity contribution in [3.63, 3.8) is 0 Å². The van der Waals surface area contributed by atoms with E-state index in [-0.39, 0.29) is 30.1 Å². The van der Waals surface area contributed by atoms with E-state index in [0.717, 1.165) is 5.01 Å². The zero-order valence-corrected chi connectivity index (χ0v) is 16.2. The quantitative estimate of drug-likeness (QED) is 0.821. The van der Waals surface area contributed by atoms with Gasteiger partial charge in [-0.15, -0.1) is 10.2 Å². The molecule has 142 valence electrons. The minimum Gasteiger partial charge on any atom is -0.326 e. The molecule has 0 bridgehead atoms. The number of hydrogen-bond donors (Lipinski definition) is 2. The first-order valence-corrected chi connectivity index (χ1v) is 9.47. The summed E-state index contributed by atoms with van der Waals surface area (Å²) in [5.41, 5.74) is 1.35. The molecule has 1 atom stereocenters. The van der Waals surface area contributed by atoms with Crippen molar-refractivity contribution in [1.82, 2.24) is 10.2 Å². The Morgan fingerprint density at radius 3 is 2.48 bits per heavy atom. The largest absolute Gasteiger partial charge is 0.326 e. The summed E-state index contributed by atoms with van der Waals surface area (Å²) in [5.74, 6) is -0.695. The van der Waals surface area contributed by atoms with E-state index < -0.39 is 5.92 Å². The van der Waals surface area contributed by atoms with Crippen LogP contribution in [0.4, 0.5) is 16.5 Å². The molecule has 27 heavy (non-hydrogen) atoms. The summed E-state index contributed by atoms with van der Waals surface area (Å²) in [6.45, 7) is 5.76. The Hall–Kier alpha value is -2.81. The van der Waals surface area contributed by atoms with E-state index in [0.29, 0.717) is 23.1 Å². The van der Waals surface area contributed by atoms with Crippen molar-refractivity contribution < 1.29 is 14.4 Å². The highest BCUT2D eigenvalue weighted by Gasteiger charge is 2.35. The topological polar surface area (TPSA) is 104 Å². The van der Waals surface area contributed by atoms with Crippen LogP contribution >= 0.6 is 11.3 Å². The van der Waals surface area contributed by atoms with E-state index in [4.69, 9.17) is 0 Å². The SMILES string of the molecule is CC(=O)Nc1ccc(N2CC(C(=O)Nc3nnc(C(C)C)s3)CC2=O)cc1. The molecule has 1 saturated heterocycles. The summed E-state index contributed by atoms with van der Waals surface area (Å²) in [4.78, 5) is 37.5. The van der Waals surface area contributed by atoms with Gasteiger partial charge in [-0.25, -0.2) is 0 Å². The van der Waals surface area contributed by atoms with Gasteiger partial charge in [0.1, 0.15) is 5.01 Å². The molecular formula is C18H21N5O3S. The molecule has 1 aromatic carbocycles. The third-order valence-electron chi connectivity index (χ3n) is 4.16. The lowest BCUT2D eigenvalue weighted by Crippen LogP contribution is -2.28. The van der Waals surface area contributed by atoms with Crippen molar-refractivity contribution in [3.8, 4) is 0 Å². The Morgan fingerprint density at radius 2 is 1.89 bits per heavy atom. The number of nitrogens with zero attached hydrogens (tertiary/aromatic N) is 3. The molecule has 3 rings (SSSR count). The highest BCUT2D eigenvalue weighted by molar-refractivity contribution is 7.15. The van der Waals surface area contributed by atoms with Crippen LogP contribution < -0.4 is 15.5 Å². The molecular weight excluding hydrogens is 366 g/mol. The van der Waals surface area contributed by atoms with Gasteiger partial charge in [-0.05, 0) is 24.3 Å². The predicted molar refractivity (Wildman–Crippen MR) is 104 cm³/mol. The van der Waals surface area contributed by atoms with Gasteiger partial charge in [0, 0.05) is 37.2 Å². The smallest absolute Gasteiger partial charge is 0.231 e. The monoisotopic (exact) mass is 387 g/mol. The molecule has 1 aliphatic rings. The lowest BCUT2D eigenvalue weighted by atomic mass is 10.1. The molecule has 0 radical (unpaired) electrons. The fraction of sp³-hybridized carbons (Fsp3) is 0.389. The van der Waals surface area contributed by atoms with Gasteiger partial charge < -0.3 is 15.5 Å². The molecule has 2 aromatic rings. The highest BCUT2D eigenvalue weighted by atomic mass is 32.1. The average molecular weight is 387 g/mol. The number of carbonyl (C=O) groups excluding carboxylic acids is 3. The first-order valence-electron chi connectivity index (χ1n) is 8.65. The maximum absolute atomic E-state index is 12.5. The minimum absolute atomic E-state index is 0.109. The third kappa shape index (κ3) is 4.48. The van der Waals surface area contributed by atoms with Crippen LogP contribution in [0.15, 0.2) is 24.3 Å². The second kappa shape index (κ2) is 7.83. The maximum atomic E-state index is 12.5. The summed E-state index contributed by atoms with van der Waals surface area (Å²) >= 11 is 1.35. The van der Waals surface area contributed by atoms with Gasteiger partial charge in [0.15, 0.2) is 0 Å². The van der Waals surface area contributed by atoms with E-state index in [1.165, 1.54) is 18.3 Å². The van der Waals surface area contributed by atoms with E-state index >= 15 is 0 Å². The lowest BCUT2D eigenvalue weighted by molar-refractivity contribution is -0.122. The van der Waals surface area contributed by atoms with Crippen molar-refractivity contribution in [2.75, 3.05) is 22.1 Å². The predicted octanol–water partition coefficient (Wildman–Crippen LogP) is 2.61.